The number of hydrogen-bond acceptors (Lipinski definition) is 3. The van der Waals surface area contributed by atoms with E-state index in [1.807, 2.05) is 42.0 Å². The minimum absolute atomic E-state index is 0.0940. The fourth-order valence-corrected chi connectivity index (χ4v) is 4.05. The molecule has 5 nitrogen and oxygen atoms in total. The molecule has 0 unspecified atom stereocenters. The van der Waals surface area contributed by atoms with Crippen LogP contribution in [0.5, 0.6) is 0 Å². The van der Waals surface area contributed by atoms with E-state index in [9.17, 15) is 8.42 Å². The third-order valence-corrected chi connectivity index (χ3v) is 5.67. The number of aryl methyl sites for hydroxylation is 1. The molecule has 0 bridgehead atoms. The van der Waals surface area contributed by atoms with Crippen LogP contribution < -0.4 is 4.72 Å². The quantitative estimate of drug-likeness (QED) is 0.718. The molecule has 7 heteroatoms. The summed E-state index contributed by atoms with van der Waals surface area (Å²) < 4.78 is 29.4. The Bertz CT molecular complexity index is 952. The maximum absolute atomic E-state index is 12.4. The Morgan fingerprint density at radius 1 is 1.12 bits per heavy atom. The lowest BCUT2D eigenvalue weighted by Gasteiger charge is -2.10. The minimum atomic E-state index is -3.65. The summed E-state index contributed by atoms with van der Waals surface area (Å²) in [7, 11) is -3.65. The van der Waals surface area contributed by atoms with E-state index < -0.39 is 10.0 Å². The molecule has 1 N–H and O–H groups in total. The van der Waals surface area contributed by atoms with E-state index >= 15 is 0 Å². The molecule has 3 rings (SSSR count). The normalized spacial score (nSPS) is 11.6. The minimum Gasteiger partial charge on any atom is -0.333 e. The molecule has 0 radical (unpaired) electrons. The zero-order chi connectivity index (χ0) is 17.9. The number of rotatable bonds is 6. The molecule has 0 saturated heterocycles. The molecule has 1 heterocycles. The summed E-state index contributed by atoms with van der Waals surface area (Å²) in [6.45, 7) is 2.80. The molecule has 0 amide bonds. The highest BCUT2D eigenvalue weighted by atomic mass is 35.5. The lowest BCUT2D eigenvalue weighted by atomic mass is 10.1. The predicted octanol–water partition coefficient (Wildman–Crippen LogP) is 3.37. The lowest BCUT2D eigenvalue weighted by molar-refractivity contribution is 0.581. The summed E-state index contributed by atoms with van der Waals surface area (Å²) >= 11 is 6.06. The van der Waals surface area contributed by atoms with Crippen molar-refractivity contribution in [1.82, 2.24) is 14.3 Å². The number of nitrogens with one attached hydrogen (secondary N) is 1. The van der Waals surface area contributed by atoms with Crippen molar-refractivity contribution in [1.29, 1.82) is 0 Å². The van der Waals surface area contributed by atoms with Gasteiger partial charge in [0.15, 0.2) is 0 Å². The highest BCUT2D eigenvalue weighted by Crippen LogP contribution is 2.22. The topological polar surface area (TPSA) is 64.0 Å². The van der Waals surface area contributed by atoms with Crippen molar-refractivity contribution in [2.24, 2.45) is 0 Å². The molecular weight excluding hydrogens is 358 g/mol. The molecule has 0 saturated carbocycles. The summed E-state index contributed by atoms with van der Waals surface area (Å²) in [5.41, 5.74) is 2.91. The fraction of sp³-hybridized carbons (Fsp3) is 0.167. The van der Waals surface area contributed by atoms with Crippen molar-refractivity contribution in [2.45, 2.75) is 24.9 Å². The molecule has 1 aromatic heterocycles. The first-order valence-corrected chi connectivity index (χ1v) is 9.59. The summed E-state index contributed by atoms with van der Waals surface area (Å²) in [5, 5.41) is 0.225. The van der Waals surface area contributed by atoms with Crippen molar-refractivity contribution < 1.29 is 8.42 Å². The first-order valence-electron chi connectivity index (χ1n) is 7.73. The first kappa shape index (κ1) is 17.7. The largest absolute Gasteiger partial charge is 0.333 e. The number of benzene rings is 2. The second-order valence-corrected chi connectivity index (χ2v) is 7.95. The smallest absolute Gasteiger partial charge is 0.242 e. The van der Waals surface area contributed by atoms with Crippen LogP contribution >= 0.6 is 11.6 Å². The molecular formula is C18H18ClN3O2S. The molecule has 0 aliphatic rings. The van der Waals surface area contributed by atoms with Gasteiger partial charge in [-0.1, -0.05) is 41.9 Å². The molecule has 130 valence electrons. The Morgan fingerprint density at radius 2 is 1.84 bits per heavy atom. The van der Waals surface area contributed by atoms with E-state index in [-0.39, 0.29) is 16.5 Å². The highest BCUT2D eigenvalue weighted by Gasteiger charge is 2.17. The monoisotopic (exact) mass is 375 g/mol. The van der Waals surface area contributed by atoms with Gasteiger partial charge in [0.2, 0.25) is 10.0 Å². The lowest BCUT2D eigenvalue weighted by Crippen LogP contribution is -2.23. The van der Waals surface area contributed by atoms with Gasteiger partial charge in [-0.2, -0.15) is 0 Å². The summed E-state index contributed by atoms with van der Waals surface area (Å²) in [6, 6.07) is 12.7. The van der Waals surface area contributed by atoms with Crippen LogP contribution in [0.1, 0.15) is 16.7 Å². The molecule has 0 fully saturated rings. The van der Waals surface area contributed by atoms with E-state index in [1.54, 1.807) is 24.7 Å². The Morgan fingerprint density at radius 3 is 2.48 bits per heavy atom. The zero-order valence-electron chi connectivity index (χ0n) is 13.7. The third kappa shape index (κ3) is 4.48. The van der Waals surface area contributed by atoms with Crippen molar-refractivity contribution >= 4 is 21.6 Å². The molecule has 0 aliphatic carbocycles. The van der Waals surface area contributed by atoms with Crippen LogP contribution in [-0.4, -0.2) is 18.0 Å². The average Bonchev–Trinajstić information content (AvgIpc) is 3.07. The second kappa shape index (κ2) is 7.39. The van der Waals surface area contributed by atoms with Crippen molar-refractivity contribution in [2.75, 3.05) is 0 Å². The van der Waals surface area contributed by atoms with E-state index in [0.717, 1.165) is 23.2 Å². The number of sulfonamides is 1. The van der Waals surface area contributed by atoms with Crippen LogP contribution in [0.4, 0.5) is 0 Å². The van der Waals surface area contributed by atoms with Crippen molar-refractivity contribution in [3.63, 3.8) is 0 Å². The Labute approximate surface area is 152 Å². The van der Waals surface area contributed by atoms with E-state index in [1.165, 1.54) is 6.07 Å². The summed E-state index contributed by atoms with van der Waals surface area (Å²) in [5.74, 6) is 0. The average molecular weight is 376 g/mol. The van der Waals surface area contributed by atoms with E-state index in [0.29, 0.717) is 0 Å². The van der Waals surface area contributed by atoms with Gasteiger partial charge in [-0.3, -0.25) is 0 Å². The number of aromatic nitrogens is 2. The SMILES string of the molecule is Cc1ccc(S(=O)(=O)NCc2ccc(Cn3ccnc3)cc2)c(Cl)c1. The summed E-state index contributed by atoms with van der Waals surface area (Å²) in [4.78, 5) is 4.10. The van der Waals surface area contributed by atoms with Gasteiger partial charge in [0.25, 0.3) is 0 Å². The van der Waals surface area contributed by atoms with Gasteiger partial charge in [-0.05, 0) is 35.7 Å². The highest BCUT2D eigenvalue weighted by molar-refractivity contribution is 7.89. The Balaban J connectivity index is 1.66. The maximum atomic E-state index is 12.4. The number of imidazole rings is 1. The fourth-order valence-electron chi connectivity index (χ4n) is 2.43. The van der Waals surface area contributed by atoms with Crippen LogP contribution in [0.3, 0.4) is 0 Å². The van der Waals surface area contributed by atoms with Crippen LogP contribution in [-0.2, 0) is 23.1 Å². The van der Waals surface area contributed by atoms with Crippen LogP contribution in [0.25, 0.3) is 0 Å². The van der Waals surface area contributed by atoms with Crippen LogP contribution in [0.2, 0.25) is 5.02 Å². The molecule has 3 aromatic rings. The number of halogens is 1. The van der Waals surface area contributed by atoms with Gasteiger partial charge in [0, 0.05) is 25.5 Å². The van der Waals surface area contributed by atoms with Crippen LogP contribution in [0, 0.1) is 6.92 Å². The molecule has 0 aliphatic heterocycles. The third-order valence-electron chi connectivity index (χ3n) is 3.79. The van der Waals surface area contributed by atoms with E-state index in [2.05, 4.69) is 9.71 Å². The molecule has 0 atom stereocenters. The maximum Gasteiger partial charge on any atom is 0.242 e. The predicted molar refractivity (Wildman–Crippen MR) is 98.0 cm³/mol. The Hall–Kier alpha value is -2.15. The van der Waals surface area contributed by atoms with Crippen molar-refractivity contribution in [3.05, 3.63) is 82.9 Å². The van der Waals surface area contributed by atoms with Gasteiger partial charge in [0.1, 0.15) is 4.90 Å². The summed E-state index contributed by atoms with van der Waals surface area (Å²) in [6.07, 6.45) is 5.39. The van der Waals surface area contributed by atoms with Gasteiger partial charge in [0.05, 0.1) is 11.3 Å². The van der Waals surface area contributed by atoms with Gasteiger partial charge in [-0.25, -0.2) is 18.1 Å². The molecule has 0 spiro atoms. The van der Waals surface area contributed by atoms with Gasteiger partial charge >= 0.3 is 0 Å². The van der Waals surface area contributed by atoms with Gasteiger partial charge < -0.3 is 4.57 Å². The number of hydrogen-bond donors (Lipinski definition) is 1. The first-order chi connectivity index (χ1) is 11.9. The Kier molecular flexibility index (Phi) is 5.22. The van der Waals surface area contributed by atoms with Gasteiger partial charge in [-0.15, -0.1) is 0 Å². The molecule has 25 heavy (non-hydrogen) atoms. The zero-order valence-corrected chi connectivity index (χ0v) is 15.3. The standard InChI is InChI=1S/C18H18ClN3O2S/c1-14-2-7-18(17(19)10-14)25(23,24)21-11-15-3-5-16(6-4-15)12-22-9-8-20-13-22/h2-10,13,21H,11-12H2,1H3. The molecule has 2 aromatic carbocycles. The van der Waals surface area contributed by atoms with Crippen LogP contribution in [0.15, 0.2) is 66.1 Å². The number of nitrogens with zero attached hydrogens (tertiary/aromatic N) is 2. The van der Waals surface area contributed by atoms with Crippen molar-refractivity contribution in [3.8, 4) is 0 Å². The van der Waals surface area contributed by atoms with E-state index in [4.69, 9.17) is 11.6 Å². The second-order valence-electron chi connectivity index (χ2n) is 5.81.